The number of aliphatic carboxylic acids is 1. The maximum atomic E-state index is 13.1. The highest BCUT2D eigenvalue weighted by Gasteiger charge is 2.70. The molecule has 4 aliphatic carbocycles. The topological polar surface area (TPSA) is 163 Å². The minimum absolute atomic E-state index is 0.0516. The lowest BCUT2D eigenvalue weighted by Gasteiger charge is -2.63. The van der Waals surface area contributed by atoms with Gasteiger partial charge in [-0.15, -0.1) is 0 Å². The fourth-order valence-electron chi connectivity index (χ4n) is 9.87. The smallest absolute Gasteiger partial charge is 0.331 e. The second-order valence-electron chi connectivity index (χ2n) is 13.3. The molecule has 6 aliphatic rings. The summed E-state index contributed by atoms with van der Waals surface area (Å²) in [6, 6.07) is 0. The first-order valence-electron chi connectivity index (χ1n) is 14.6. The van der Waals surface area contributed by atoms with Crippen LogP contribution in [-0.2, 0) is 23.8 Å². The minimum Gasteiger partial charge on any atom is -0.481 e. The van der Waals surface area contributed by atoms with Gasteiger partial charge in [-0.2, -0.15) is 0 Å². The number of carbonyl (C=O) groups excluding carboxylic acids is 1. The molecule has 0 spiro atoms. The minimum atomic E-state index is -1.39. The molecule has 2 heterocycles. The van der Waals surface area contributed by atoms with Crippen molar-refractivity contribution in [1.82, 2.24) is 0 Å². The van der Waals surface area contributed by atoms with Crippen LogP contribution >= 0.6 is 0 Å². The van der Waals surface area contributed by atoms with Crippen LogP contribution in [0.15, 0.2) is 11.6 Å². The van der Waals surface area contributed by atoms with Gasteiger partial charge >= 0.3 is 11.9 Å². The third kappa shape index (κ3) is 3.89. The summed E-state index contributed by atoms with van der Waals surface area (Å²) < 4.78 is 16.9. The van der Waals surface area contributed by atoms with E-state index in [1.165, 1.54) is 0 Å². The summed E-state index contributed by atoms with van der Waals surface area (Å²) in [6.07, 6.45) is 0.990. The summed E-state index contributed by atoms with van der Waals surface area (Å²) in [5, 5.41) is 53.7. The molecule has 0 bridgehead atoms. The van der Waals surface area contributed by atoms with Crippen LogP contribution in [0.2, 0.25) is 0 Å². The second kappa shape index (κ2) is 9.49. The monoisotopic (exact) mass is 550 g/mol. The molecule has 0 amide bonds. The first kappa shape index (κ1) is 27.6. The molecule has 1 saturated heterocycles. The number of carbonyl (C=O) groups is 2. The summed E-state index contributed by atoms with van der Waals surface area (Å²) in [4.78, 5) is 24.9. The lowest BCUT2D eigenvalue weighted by atomic mass is 9.42. The van der Waals surface area contributed by atoms with Crippen molar-refractivity contribution < 1.29 is 49.3 Å². The van der Waals surface area contributed by atoms with Gasteiger partial charge in [-0.3, -0.25) is 4.79 Å². The third-order valence-electron chi connectivity index (χ3n) is 12.0. The molecular formula is C29H42O10. The number of carboxylic acid groups (broad SMARTS) is 1. The molecule has 10 nitrogen and oxygen atoms in total. The number of hydrogen-bond acceptors (Lipinski definition) is 9. The van der Waals surface area contributed by atoms with Gasteiger partial charge in [0, 0.05) is 11.5 Å². The summed E-state index contributed by atoms with van der Waals surface area (Å²) in [5.74, 6) is -1.51. The Balaban J connectivity index is 1.22. The molecule has 218 valence electrons. The molecular weight excluding hydrogens is 508 g/mol. The number of fused-ring (bicyclic) bond motifs is 5. The maximum absolute atomic E-state index is 13.1. The molecule has 0 aromatic rings. The Morgan fingerprint density at radius 1 is 1.00 bits per heavy atom. The van der Waals surface area contributed by atoms with Crippen molar-refractivity contribution >= 4 is 11.9 Å². The van der Waals surface area contributed by atoms with Crippen LogP contribution in [0.3, 0.4) is 0 Å². The van der Waals surface area contributed by atoms with E-state index in [0.29, 0.717) is 44.9 Å². The molecule has 0 aromatic heterocycles. The Kier molecular flexibility index (Phi) is 6.72. The van der Waals surface area contributed by atoms with E-state index in [0.717, 1.165) is 18.4 Å². The predicted molar refractivity (Wildman–Crippen MR) is 135 cm³/mol. The second-order valence-corrected chi connectivity index (χ2v) is 13.3. The number of aliphatic hydroxyl groups is 4. The molecule has 5 fully saturated rings. The average Bonchev–Trinajstić information content (AvgIpc) is 3.45. The molecule has 6 rings (SSSR count). The molecule has 0 radical (unpaired) electrons. The van der Waals surface area contributed by atoms with Crippen molar-refractivity contribution in [1.29, 1.82) is 0 Å². The van der Waals surface area contributed by atoms with Gasteiger partial charge in [-0.1, -0.05) is 6.92 Å². The van der Waals surface area contributed by atoms with Gasteiger partial charge in [0.05, 0.1) is 23.2 Å². The maximum Gasteiger partial charge on any atom is 0.331 e. The molecule has 4 saturated carbocycles. The van der Waals surface area contributed by atoms with E-state index in [-0.39, 0.29) is 42.4 Å². The quantitative estimate of drug-likeness (QED) is 0.256. The van der Waals surface area contributed by atoms with E-state index in [9.17, 15) is 35.1 Å². The Hall–Kier alpha value is -1.56. The standard InChI is InChI=1S/C29H42O10/c1-14-22(31)23(32)24(33)25(38-14)39-17-5-9-28(26(34)35)16(12-17)3-4-20-19(28)6-8-27(2)18(7-10-29(20,27)36)15-11-21(30)37-13-15/h11,14,16-20,22-25,31-33,36H,3-10,12-13H2,1-2H3,(H,34,35)/t14-,16+,17-,18+,19-,20+,22-,23+,24+,25+,27+,28+,29-/m0/s1. The normalized spacial score (nSPS) is 53.3. The number of ether oxygens (including phenoxy) is 3. The Morgan fingerprint density at radius 3 is 2.46 bits per heavy atom. The van der Waals surface area contributed by atoms with Crippen molar-refractivity contribution in [3.8, 4) is 0 Å². The number of carboxylic acids is 1. The largest absolute Gasteiger partial charge is 0.481 e. The van der Waals surface area contributed by atoms with Gasteiger partial charge in [0.15, 0.2) is 6.29 Å². The molecule has 13 atom stereocenters. The Morgan fingerprint density at radius 2 is 1.77 bits per heavy atom. The summed E-state index contributed by atoms with van der Waals surface area (Å²) in [7, 11) is 0. The molecule has 0 aromatic carbocycles. The number of hydrogen-bond donors (Lipinski definition) is 5. The average molecular weight is 551 g/mol. The molecule has 0 unspecified atom stereocenters. The van der Waals surface area contributed by atoms with Crippen LogP contribution in [0.4, 0.5) is 0 Å². The molecule has 10 heteroatoms. The zero-order chi connectivity index (χ0) is 27.9. The Bertz CT molecular complexity index is 1050. The van der Waals surface area contributed by atoms with E-state index in [1.54, 1.807) is 13.0 Å². The van der Waals surface area contributed by atoms with E-state index in [1.807, 2.05) is 0 Å². The van der Waals surface area contributed by atoms with Crippen molar-refractivity contribution in [2.24, 2.45) is 34.5 Å². The van der Waals surface area contributed by atoms with Crippen LogP contribution in [0, 0.1) is 34.5 Å². The highest BCUT2D eigenvalue weighted by atomic mass is 16.7. The fourth-order valence-corrected chi connectivity index (χ4v) is 9.87. The van der Waals surface area contributed by atoms with E-state index < -0.39 is 53.1 Å². The summed E-state index contributed by atoms with van der Waals surface area (Å²) in [6.45, 7) is 4.01. The summed E-state index contributed by atoms with van der Waals surface area (Å²) in [5.41, 5.74) is -1.44. The lowest BCUT2D eigenvalue weighted by Crippen LogP contribution is -2.65. The van der Waals surface area contributed by atoms with Gasteiger partial charge < -0.3 is 39.7 Å². The van der Waals surface area contributed by atoms with Crippen molar-refractivity contribution in [2.45, 2.75) is 114 Å². The van der Waals surface area contributed by atoms with Gasteiger partial charge in [0.1, 0.15) is 24.9 Å². The van der Waals surface area contributed by atoms with Crippen LogP contribution in [0.25, 0.3) is 0 Å². The van der Waals surface area contributed by atoms with E-state index in [4.69, 9.17) is 14.2 Å². The van der Waals surface area contributed by atoms with Gasteiger partial charge in [0.25, 0.3) is 0 Å². The van der Waals surface area contributed by atoms with Crippen molar-refractivity contribution in [2.75, 3.05) is 6.61 Å². The molecule has 39 heavy (non-hydrogen) atoms. The molecule has 2 aliphatic heterocycles. The van der Waals surface area contributed by atoms with E-state index >= 15 is 0 Å². The number of aliphatic hydroxyl groups excluding tert-OH is 3. The van der Waals surface area contributed by atoms with Gasteiger partial charge in [-0.25, -0.2) is 4.79 Å². The predicted octanol–water partition coefficient (Wildman–Crippen LogP) is 1.52. The third-order valence-corrected chi connectivity index (χ3v) is 12.0. The number of cyclic esters (lactones) is 1. The first-order valence-corrected chi connectivity index (χ1v) is 14.6. The van der Waals surface area contributed by atoms with Crippen LogP contribution in [0.5, 0.6) is 0 Å². The Labute approximate surface area is 228 Å². The van der Waals surface area contributed by atoms with E-state index in [2.05, 4.69) is 6.92 Å². The van der Waals surface area contributed by atoms with Gasteiger partial charge in [-0.05, 0) is 94.0 Å². The van der Waals surface area contributed by atoms with Crippen molar-refractivity contribution in [3.05, 3.63) is 11.6 Å². The highest BCUT2D eigenvalue weighted by Crippen LogP contribution is 2.70. The highest BCUT2D eigenvalue weighted by molar-refractivity contribution is 5.85. The van der Waals surface area contributed by atoms with Crippen LogP contribution in [0.1, 0.15) is 71.6 Å². The van der Waals surface area contributed by atoms with Crippen LogP contribution in [-0.4, -0.2) is 86.5 Å². The zero-order valence-corrected chi connectivity index (χ0v) is 22.7. The van der Waals surface area contributed by atoms with Crippen molar-refractivity contribution in [3.63, 3.8) is 0 Å². The summed E-state index contributed by atoms with van der Waals surface area (Å²) >= 11 is 0. The molecule has 5 N–H and O–H groups in total. The zero-order valence-electron chi connectivity index (χ0n) is 22.7. The fraction of sp³-hybridized carbons (Fsp3) is 0.862. The SMILES string of the molecule is C[C@@H]1O[C@H](O[C@H]2CC[C@@]3(C(=O)O)[C@H](CC[C@@H]4[C@@H]3CC[C@]3(C)[C@@H](C5=CC(=O)OC5)CC[C@]43O)C2)[C@H](O)[C@H](O)[C@H]1O. The van der Waals surface area contributed by atoms with Gasteiger partial charge in [0.2, 0.25) is 0 Å². The van der Waals surface area contributed by atoms with Crippen LogP contribution < -0.4 is 0 Å². The lowest BCUT2D eigenvalue weighted by molar-refractivity contribution is -0.310. The first-order chi connectivity index (χ1) is 18.4. The number of esters is 1. The number of rotatable bonds is 4.